The first-order chi connectivity index (χ1) is 9.24. The summed E-state index contributed by atoms with van der Waals surface area (Å²) in [5.74, 6) is 0. The molecule has 0 fully saturated rings. The molecule has 0 atom stereocenters. The lowest BCUT2D eigenvalue weighted by atomic mass is 10.2. The molecule has 3 aromatic rings. The fourth-order valence-corrected chi connectivity index (χ4v) is 1.95. The molecule has 0 aliphatic heterocycles. The Balaban J connectivity index is 1.99. The van der Waals surface area contributed by atoms with Crippen LogP contribution in [0.15, 0.2) is 49.2 Å². The van der Waals surface area contributed by atoms with Gasteiger partial charge in [0.1, 0.15) is 6.33 Å². The predicted molar refractivity (Wildman–Crippen MR) is 74.3 cm³/mol. The van der Waals surface area contributed by atoms with Gasteiger partial charge in [-0.2, -0.15) is 5.10 Å². The van der Waals surface area contributed by atoms with Crippen LogP contribution in [0.3, 0.4) is 0 Å². The molecule has 0 radical (unpaired) electrons. The molecule has 0 N–H and O–H groups in total. The lowest BCUT2D eigenvalue weighted by molar-refractivity contribution is 0.879. The van der Waals surface area contributed by atoms with E-state index in [1.54, 1.807) is 17.1 Å². The number of aryl methyl sites for hydroxylation is 1. The van der Waals surface area contributed by atoms with Crippen molar-refractivity contribution in [3.63, 3.8) is 0 Å². The number of hydrogen-bond donors (Lipinski definition) is 0. The summed E-state index contributed by atoms with van der Waals surface area (Å²) < 4.78 is 1.81. The van der Waals surface area contributed by atoms with Gasteiger partial charge in [-0.1, -0.05) is 11.6 Å². The molecular formula is C14H11ClN4. The zero-order valence-corrected chi connectivity index (χ0v) is 11.0. The molecule has 0 spiro atoms. The van der Waals surface area contributed by atoms with Gasteiger partial charge in [-0.25, -0.2) is 14.6 Å². The minimum absolute atomic E-state index is 0.756. The molecule has 0 unspecified atom stereocenters. The first-order valence-corrected chi connectivity index (χ1v) is 6.19. The van der Waals surface area contributed by atoms with Crippen molar-refractivity contribution in [3.8, 4) is 16.9 Å². The van der Waals surface area contributed by atoms with Crippen LogP contribution in [0, 0.1) is 6.92 Å². The van der Waals surface area contributed by atoms with E-state index in [0.29, 0.717) is 0 Å². The molecule has 1 aromatic carbocycles. The second-order valence-corrected chi connectivity index (χ2v) is 4.61. The standard InChI is InChI=1S/C14H11ClN4/c1-10-6-12(2-3-13(10)15)19-8-11(7-18-19)14-4-5-16-9-17-14/h2-9H,1H3. The van der Waals surface area contributed by atoms with E-state index in [4.69, 9.17) is 11.6 Å². The number of benzene rings is 1. The lowest BCUT2D eigenvalue weighted by Gasteiger charge is -2.03. The van der Waals surface area contributed by atoms with E-state index in [-0.39, 0.29) is 0 Å². The maximum absolute atomic E-state index is 6.02. The molecule has 4 nitrogen and oxygen atoms in total. The van der Waals surface area contributed by atoms with Gasteiger partial charge in [0, 0.05) is 23.0 Å². The Bertz CT molecular complexity index is 706. The molecule has 5 heteroatoms. The third-order valence-electron chi connectivity index (χ3n) is 2.87. The van der Waals surface area contributed by atoms with Gasteiger partial charge in [-0.3, -0.25) is 0 Å². The molecule has 2 heterocycles. The quantitative estimate of drug-likeness (QED) is 0.718. The smallest absolute Gasteiger partial charge is 0.116 e. The van der Waals surface area contributed by atoms with Crippen molar-refractivity contribution in [2.45, 2.75) is 6.92 Å². The van der Waals surface area contributed by atoms with Gasteiger partial charge in [0.05, 0.1) is 17.6 Å². The summed E-state index contributed by atoms with van der Waals surface area (Å²) >= 11 is 6.02. The van der Waals surface area contributed by atoms with Crippen molar-refractivity contribution < 1.29 is 0 Å². The van der Waals surface area contributed by atoms with Crippen LogP contribution in [0.5, 0.6) is 0 Å². The van der Waals surface area contributed by atoms with Crippen LogP contribution in [0.25, 0.3) is 16.9 Å². The second kappa shape index (κ2) is 4.82. The summed E-state index contributed by atoms with van der Waals surface area (Å²) in [4.78, 5) is 8.11. The van der Waals surface area contributed by atoms with E-state index in [9.17, 15) is 0 Å². The Morgan fingerprint density at radius 1 is 1.21 bits per heavy atom. The Morgan fingerprint density at radius 3 is 2.84 bits per heavy atom. The zero-order valence-electron chi connectivity index (χ0n) is 10.3. The fourth-order valence-electron chi connectivity index (χ4n) is 1.83. The minimum Gasteiger partial charge on any atom is -0.245 e. The summed E-state index contributed by atoms with van der Waals surface area (Å²) in [5.41, 5.74) is 3.81. The zero-order chi connectivity index (χ0) is 13.2. The molecule has 0 saturated carbocycles. The average Bonchev–Trinajstić information content (AvgIpc) is 2.93. The molecule has 2 aromatic heterocycles. The van der Waals surface area contributed by atoms with Crippen molar-refractivity contribution in [1.29, 1.82) is 0 Å². The van der Waals surface area contributed by atoms with Gasteiger partial charge in [0.15, 0.2) is 0 Å². The topological polar surface area (TPSA) is 43.6 Å². The number of hydrogen-bond acceptors (Lipinski definition) is 3. The maximum Gasteiger partial charge on any atom is 0.116 e. The van der Waals surface area contributed by atoms with Crippen LogP contribution in [-0.4, -0.2) is 19.7 Å². The van der Waals surface area contributed by atoms with E-state index < -0.39 is 0 Å². The molecule has 0 saturated heterocycles. The summed E-state index contributed by atoms with van der Waals surface area (Å²) in [6.45, 7) is 1.97. The highest BCUT2D eigenvalue weighted by atomic mass is 35.5. The van der Waals surface area contributed by atoms with Crippen LogP contribution in [-0.2, 0) is 0 Å². The van der Waals surface area contributed by atoms with Crippen LogP contribution in [0.1, 0.15) is 5.56 Å². The van der Waals surface area contributed by atoms with Crippen molar-refractivity contribution in [3.05, 3.63) is 59.8 Å². The molecule has 0 amide bonds. The lowest BCUT2D eigenvalue weighted by Crippen LogP contribution is -1.94. The first-order valence-electron chi connectivity index (χ1n) is 5.81. The Hall–Kier alpha value is -2.20. The molecule has 0 bridgehead atoms. The summed E-state index contributed by atoms with van der Waals surface area (Å²) in [5, 5.41) is 5.10. The highest BCUT2D eigenvalue weighted by molar-refractivity contribution is 6.31. The van der Waals surface area contributed by atoms with Crippen LogP contribution in [0.2, 0.25) is 5.02 Å². The maximum atomic E-state index is 6.02. The highest BCUT2D eigenvalue weighted by Gasteiger charge is 2.05. The molecule has 0 aliphatic carbocycles. The largest absolute Gasteiger partial charge is 0.245 e. The number of halogens is 1. The fraction of sp³-hybridized carbons (Fsp3) is 0.0714. The molecule has 19 heavy (non-hydrogen) atoms. The van der Waals surface area contributed by atoms with Gasteiger partial charge in [-0.05, 0) is 36.8 Å². The van der Waals surface area contributed by atoms with Crippen LogP contribution in [0.4, 0.5) is 0 Å². The van der Waals surface area contributed by atoms with Crippen molar-refractivity contribution >= 4 is 11.6 Å². The third-order valence-corrected chi connectivity index (χ3v) is 3.29. The normalized spacial score (nSPS) is 10.6. The van der Waals surface area contributed by atoms with Crippen molar-refractivity contribution in [1.82, 2.24) is 19.7 Å². The number of nitrogens with zero attached hydrogens (tertiary/aromatic N) is 4. The van der Waals surface area contributed by atoms with Gasteiger partial charge >= 0.3 is 0 Å². The molecule has 3 rings (SSSR count). The molecular weight excluding hydrogens is 260 g/mol. The van der Waals surface area contributed by atoms with E-state index in [0.717, 1.165) is 27.5 Å². The van der Waals surface area contributed by atoms with Crippen LogP contribution >= 0.6 is 11.6 Å². The second-order valence-electron chi connectivity index (χ2n) is 4.20. The first kappa shape index (κ1) is 11.9. The molecule has 0 aliphatic rings. The van der Waals surface area contributed by atoms with E-state index in [1.807, 2.05) is 37.4 Å². The Morgan fingerprint density at radius 2 is 2.11 bits per heavy atom. The predicted octanol–water partition coefficient (Wildman–Crippen LogP) is 3.29. The monoisotopic (exact) mass is 270 g/mol. The van der Waals surface area contributed by atoms with Gasteiger partial charge in [0.2, 0.25) is 0 Å². The SMILES string of the molecule is Cc1cc(-n2cc(-c3ccncn3)cn2)ccc1Cl. The van der Waals surface area contributed by atoms with E-state index >= 15 is 0 Å². The number of rotatable bonds is 2. The van der Waals surface area contributed by atoms with Crippen molar-refractivity contribution in [2.75, 3.05) is 0 Å². The van der Waals surface area contributed by atoms with Gasteiger partial charge in [-0.15, -0.1) is 0 Å². The van der Waals surface area contributed by atoms with Gasteiger partial charge < -0.3 is 0 Å². The average molecular weight is 271 g/mol. The molecule has 94 valence electrons. The van der Waals surface area contributed by atoms with Gasteiger partial charge in [0.25, 0.3) is 0 Å². The minimum atomic E-state index is 0.756. The summed E-state index contributed by atoms with van der Waals surface area (Å²) in [6, 6.07) is 7.66. The third kappa shape index (κ3) is 2.35. The van der Waals surface area contributed by atoms with E-state index in [1.165, 1.54) is 6.33 Å². The Kier molecular flexibility index (Phi) is 3.01. The Labute approximate surface area is 115 Å². The summed E-state index contributed by atoms with van der Waals surface area (Å²) in [6.07, 6.45) is 6.96. The van der Waals surface area contributed by atoms with Crippen molar-refractivity contribution in [2.24, 2.45) is 0 Å². The number of aromatic nitrogens is 4. The summed E-state index contributed by atoms with van der Waals surface area (Å²) in [7, 11) is 0. The van der Waals surface area contributed by atoms with Crippen LogP contribution < -0.4 is 0 Å². The van der Waals surface area contributed by atoms with E-state index in [2.05, 4.69) is 15.1 Å². The highest BCUT2D eigenvalue weighted by Crippen LogP contribution is 2.21.